The molecule has 0 unspecified atom stereocenters. The van der Waals surface area contributed by atoms with Crippen LogP contribution in [0.25, 0.3) is 10.9 Å². The summed E-state index contributed by atoms with van der Waals surface area (Å²) in [6.45, 7) is 9.69. The number of carbonyl (C=O) groups is 1. The van der Waals surface area contributed by atoms with Crippen LogP contribution in [0.2, 0.25) is 5.02 Å². The summed E-state index contributed by atoms with van der Waals surface area (Å²) < 4.78 is 24.2. The number of nitrogens with one attached hydrogen (secondary N) is 3. The summed E-state index contributed by atoms with van der Waals surface area (Å²) in [5.74, 6) is -0.183. The van der Waals surface area contributed by atoms with Crippen LogP contribution in [0.1, 0.15) is 13.3 Å². The van der Waals surface area contributed by atoms with E-state index in [9.17, 15) is 9.18 Å². The van der Waals surface area contributed by atoms with E-state index in [1.165, 1.54) is 24.5 Å². The van der Waals surface area contributed by atoms with E-state index in [4.69, 9.17) is 32.7 Å². The molecule has 2 aromatic carbocycles. The highest BCUT2D eigenvalue weighted by Gasteiger charge is 2.15. The van der Waals surface area contributed by atoms with E-state index in [1.807, 2.05) is 6.92 Å². The van der Waals surface area contributed by atoms with Crippen LogP contribution in [0.15, 0.2) is 48.3 Å². The summed E-state index contributed by atoms with van der Waals surface area (Å²) in [5, 5.41) is 9.34. The van der Waals surface area contributed by atoms with Crippen molar-refractivity contribution in [2.45, 2.75) is 13.3 Å². The van der Waals surface area contributed by atoms with E-state index < -0.39 is 11.7 Å². The van der Waals surface area contributed by atoms with Gasteiger partial charge in [0.05, 0.1) is 41.1 Å². The van der Waals surface area contributed by atoms with Crippen molar-refractivity contribution < 1.29 is 18.7 Å². The first kappa shape index (κ1) is 26.6. The van der Waals surface area contributed by atoms with Crippen LogP contribution in [-0.4, -0.2) is 48.8 Å². The Hall–Kier alpha value is -2.98. The molecule has 1 amide bonds. The van der Waals surface area contributed by atoms with Crippen molar-refractivity contribution in [1.29, 1.82) is 0 Å². The molecule has 11 heteroatoms. The van der Waals surface area contributed by atoms with Crippen molar-refractivity contribution in [3.63, 3.8) is 0 Å². The van der Waals surface area contributed by atoms with Crippen molar-refractivity contribution in [2.24, 2.45) is 0 Å². The fourth-order valence-corrected chi connectivity index (χ4v) is 3.26. The first-order chi connectivity index (χ1) is 16.9. The van der Waals surface area contributed by atoms with Gasteiger partial charge in [0, 0.05) is 30.2 Å². The quantitative estimate of drug-likeness (QED) is 0.365. The third-order valence-corrected chi connectivity index (χ3v) is 5.18. The summed E-state index contributed by atoms with van der Waals surface area (Å²) >= 11 is 11.5. The highest BCUT2D eigenvalue weighted by molar-refractivity contribution is 6.43. The van der Waals surface area contributed by atoms with Gasteiger partial charge in [-0.25, -0.2) is 14.4 Å². The molecule has 1 saturated heterocycles. The van der Waals surface area contributed by atoms with Crippen LogP contribution in [0.3, 0.4) is 0 Å². The molecule has 0 saturated carbocycles. The molecule has 0 atom stereocenters. The summed E-state index contributed by atoms with van der Waals surface area (Å²) in [6.07, 6.45) is 2.17. The lowest BCUT2D eigenvalue weighted by molar-refractivity contribution is -0.112. The normalized spacial score (nSPS) is 12.9. The SMILES string of the molecule is C1COCCN1.C=C(Cl)C(=O)Nc1cc2c(Nc3ccc(F)c(Cl)c3)ncnc2cc1OCCC. The second-order valence-electron chi connectivity index (χ2n) is 7.41. The molecule has 8 nitrogen and oxygen atoms in total. The number of morpholine rings is 1. The molecule has 1 aliphatic heterocycles. The average Bonchev–Trinajstić information content (AvgIpc) is 2.86. The number of anilines is 3. The third-order valence-electron chi connectivity index (χ3n) is 4.72. The molecular weight excluding hydrogens is 496 g/mol. The minimum atomic E-state index is -0.552. The van der Waals surface area contributed by atoms with Gasteiger partial charge in [-0.05, 0) is 30.7 Å². The predicted octanol–water partition coefficient (Wildman–Crippen LogP) is 5.25. The zero-order valence-electron chi connectivity index (χ0n) is 19.2. The van der Waals surface area contributed by atoms with Gasteiger partial charge in [-0.1, -0.05) is 36.7 Å². The van der Waals surface area contributed by atoms with Crippen LogP contribution in [-0.2, 0) is 9.53 Å². The molecule has 0 radical (unpaired) electrons. The van der Waals surface area contributed by atoms with Gasteiger partial charge in [-0.2, -0.15) is 0 Å². The number of hydrogen-bond acceptors (Lipinski definition) is 7. The average molecular weight is 522 g/mol. The molecule has 0 bridgehead atoms. The Balaban J connectivity index is 0.000000497. The Kier molecular flexibility index (Phi) is 10.0. The highest BCUT2D eigenvalue weighted by atomic mass is 35.5. The van der Waals surface area contributed by atoms with Crippen molar-refractivity contribution in [3.05, 3.63) is 59.1 Å². The molecule has 35 heavy (non-hydrogen) atoms. The van der Waals surface area contributed by atoms with Gasteiger partial charge in [-0.15, -0.1) is 0 Å². The molecule has 1 aromatic heterocycles. The number of amides is 1. The first-order valence-corrected chi connectivity index (χ1v) is 11.7. The van der Waals surface area contributed by atoms with Crippen LogP contribution >= 0.6 is 23.2 Å². The van der Waals surface area contributed by atoms with Gasteiger partial charge in [0.1, 0.15) is 23.7 Å². The maximum Gasteiger partial charge on any atom is 0.266 e. The fourth-order valence-electron chi connectivity index (χ4n) is 3.03. The van der Waals surface area contributed by atoms with Crippen molar-refractivity contribution >= 4 is 57.2 Å². The van der Waals surface area contributed by atoms with Crippen LogP contribution in [0, 0.1) is 5.82 Å². The van der Waals surface area contributed by atoms with Crippen molar-refractivity contribution in [1.82, 2.24) is 15.3 Å². The minimum Gasteiger partial charge on any atom is -0.491 e. The second-order valence-corrected chi connectivity index (χ2v) is 8.27. The number of fused-ring (bicyclic) bond motifs is 1. The van der Waals surface area contributed by atoms with E-state index in [0.29, 0.717) is 40.5 Å². The Morgan fingerprint density at radius 1 is 1.26 bits per heavy atom. The molecule has 0 spiro atoms. The van der Waals surface area contributed by atoms with Gasteiger partial charge in [0.2, 0.25) is 0 Å². The van der Waals surface area contributed by atoms with E-state index >= 15 is 0 Å². The number of hydrogen-bond donors (Lipinski definition) is 3. The van der Waals surface area contributed by atoms with Gasteiger partial charge in [0.25, 0.3) is 5.91 Å². The van der Waals surface area contributed by atoms with Crippen LogP contribution in [0.4, 0.5) is 21.6 Å². The second kappa shape index (κ2) is 13.2. The summed E-state index contributed by atoms with van der Waals surface area (Å²) in [4.78, 5) is 20.5. The summed E-state index contributed by atoms with van der Waals surface area (Å²) in [6, 6.07) is 7.61. The van der Waals surface area contributed by atoms with E-state index in [0.717, 1.165) is 32.7 Å². The standard InChI is InChI=1S/C20H17Cl2FN4O2.C4H9NO/c1-3-6-29-18-9-16-13(8-17(18)27-20(28)11(2)21)19(25-10-24-16)26-12-4-5-15(23)14(22)7-12;1-3-6-4-2-5-1/h4-5,7-10H,2-3,6H2,1H3,(H,27,28)(H,24,25,26);5H,1-4H2. The Morgan fingerprint density at radius 3 is 2.63 bits per heavy atom. The van der Waals surface area contributed by atoms with Crippen LogP contribution in [0.5, 0.6) is 5.75 Å². The molecule has 3 N–H and O–H groups in total. The molecule has 1 aliphatic rings. The zero-order chi connectivity index (χ0) is 25.2. The lowest BCUT2D eigenvalue weighted by Crippen LogP contribution is -2.30. The topological polar surface area (TPSA) is 97.4 Å². The van der Waals surface area contributed by atoms with Gasteiger partial charge in [-0.3, -0.25) is 4.79 Å². The maximum absolute atomic E-state index is 13.4. The van der Waals surface area contributed by atoms with E-state index in [2.05, 4.69) is 32.5 Å². The number of nitrogens with zero attached hydrogens (tertiary/aromatic N) is 2. The minimum absolute atomic E-state index is 0.0165. The molecule has 0 aliphatic carbocycles. The molecule has 2 heterocycles. The Morgan fingerprint density at radius 2 is 2.03 bits per heavy atom. The number of aromatic nitrogens is 2. The first-order valence-electron chi connectivity index (χ1n) is 11.0. The number of carbonyl (C=O) groups excluding carboxylic acids is 1. The molecule has 4 rings (SSSR count). The lowest BCUT2D eigenvalue weighted by Gasteiger charge is -2.15. The number of halogens is 3. The van der Waals surface area contributed by atoms with Gasteiger partial charge in [0.15, 0.2) is 0 Å². The smallest absolute Gasteiger partial charge is 0.266 e. The molecule has 186 valence electrons. The third kappa shape index (κ3) is 7.76. The van der Waals surface area contributed by atoms with Crippen LogP contribution < -0.4 is 20.7 Å². The predicted molar refractivity (Wildman–Crippen MR) is 137 cm³/mol. The van der Waals surface area contributed by atoms with Crippen molar-refractivity contribution in [3.8, 4) is 5.75 Å². The lowest BCUT2D eigenvalue weighted by atomic mass is 10.1. The molecule has 1 fully saturated rings. The largest absolute Gasteiger partial charge is 0.491 e. The number of ether oxygens (including phenoxy) is 2. The zero-order valence-corrected chi connectivity index (χ0v) is 20.7. The van der Waals surface area contributed by atoms with E-state index in [-0.39, 0.29) is 10.1 Å². The fraction of sp³-hybridized carbons (Fsp3) is 0.292. The van der Waals surface area contributed by atoms with Crippen molar-refractivity contribution in [2.75, 3.05) is 43.5 Å². The highest BCUT2D eigenvalue weighted by Crippen LogP contribution is 2.34. The Labute approximate surface area is 212 Å². The maximum atomic E-state index is 13.4. The molecular formula is C24H26Cl2FN5O3. The number of benzene rings is 2. The summed E-state index contributed by atoms with van der Waals surface area (Å²) in [7, 11) is 0. The monoisotopic (exact) mass is 521 g/mol. The number of rotatable bonds is 7. The molecule has 3 aromatic rings. The van der Waals surface area contributed by atoms with E-state index in [1.54, 1.807) is 12.1 Å². The van der Waals surface area contributed by atoms with Gasteiger partial charge >= 0.3 is 0 Å². The Bertz CT molecular complexity index is 1180. The summed E-state index contributed by atoms with van der Waals surface area (Å²) in [5.41, 5.74) is 1.53. The van der Waals surface area contributed by atoms with Gasteiger partial charge < -0.3 is 25.4 Å².